The van der Waals surface area contributed by atoms with Gasteiger partial charge in [0.15, 0.2) is 0 Å². The van der Waals surface area contributed by atoms with Crippen molar-refractivity contribution >= 4 is 23.2 Å². The number of carbonyl (C=O) groups excluding carboxylic acids is 1. The van der Waals surface area contributed by atoms with E-state index in [1.165, 1.54) is 0 Å². The largest absolute Gasteiger partial charge is 0.321 e. The predicted octanol–water partition coefficient (Wildman–Crippen LogP) is 3.55. The van der Waals surface area contributed by atoms with Crippen LogP contribution < -0.4 is 5.32 Å². The van der Waals surface area contributed by atoms with E-state index < -0.39 is 0 Å². The Morgan fingerprint density at radius 2 is 2.00 bits per heavy atom. The molecule has 2 aromatic carbocycles. The molecule has 4 heteroatoms. The Kier molecular flexibility index (Phi) is 4.17. The summed E-state index contributed by atoms with van der Waals surface area (Å²) in [6.07, 6.45) is 0. The summed E-state index contributed by atoms with van der Waals surface area (Å²) in [5.74, 6) is 0.102. The van der Waals surface area contributed by atoms with Crippen LogP contribution in [0.25, 0.3) is 0 Å². The first-order valence-electron chi connectivity index (χ1n) is 5.70. The van der Waals surface area contributed by atoms with Crippen molar-refractivity contribution in [3.8, 4) is 6.07 Å². The number of nitrogens with one attached hydrogen (secondary N) is 1. The Hall–Kier alpha value is -2.31. The van der Waals surface area contributed by atoms with Gasteiger partial charge in [-0.05, 0) is 29.8 Å². The molecule has 0 aliphatic heterocycles. The van der Waals surface area contributed by atoms with Crippen LogP contribution >= 0.6 is 11.6 Å². The van der Waals surface area contributed by atoms with Crippen LogP contribution in [0.1, 0.15) is 21.5 Å². The molecule has 0 saturated carbocycles. The molecule has 1 N–H and O–H groups in total. The number of benzene rings is 2. The zero-order valence-electron chi connectivity index (χ0n) is 10.1. The maximum atomic E-state index is 12.1. The molecule has 0 radical (unpaired) electrons. The van der Waals surface area contributed by atoms with Crippen molar-refractivity contribution in [3.63, 3.8) is 0 Å². The molecule has 0 aromatic heterocycles. The second-order valence-corrected chi connectivity index (χ2v) is 4.21. The van der Waals surface area contributed by atoms with E-state index in [2.05, 4.69) is 5.32 Å². The summed E-state index contributed by atoms with van der Waals surface area (Å²) in [4.78, 5) is 12.1. The van der Waals surface area contributed by atoms with Crippen molar-refractivity contribution in [2.45, 2.75) is 5.88 Å². The van der Waals surface area contributed by atoms with Crippen LogP contribution in [0.5, 0.6) is 0 Å². The molecule has 0 spiro atoms. The summed E-state index contributed by atoms with van der Waals surface area (Å²) in [6.45, 7) is 0. The number of nitrogens with zero attached hydrogens (tertiary/aromatic N) is 1. The van der Waals surface area contributed by atoms with Crippen molar-refractivity contribution in [2.75, 3.05) is 5.32 Å². The Morgan fingerprint density at radius 1 is 1.21 bits per heavy atom. The minimum absolute atomic E-state index is 0.255. The zero-order valence-corrected chi connectivity index (χ0v) is 10.8. The summed E-state index contributed by atoms with van der Waals surface area (Å²) in [7, 11) is 0. The maximum Gasteiger partial charge on any atom is 0.255 e. The number of alkyl halides is 1. The van der Waals surface area contributed by atoms with Gasteiger partial charge in [0.2, 0.25) is 0 Å². The number of anilines is 1. The standard InChI is InChI=1S/C15H11ClN2O/c16-9-11-4-3-6-12(8-11)15(19)18-14-7-2-1-5-13(14)10-17/h1-8H,9H2,(H,18,19). The highest BCUT2D eigenvalue weighted by Crippen LogP contribution is 2.16. The third kappa shape index (κ3) is 3.12. The third-order valence-electron chi connectivity index (χ3n) is 2.64. The number of hydrogen-bond acceptors (Lipinski definition) is 2. The summed E-state index contributed by atoms with van der Waals surface area (Å²) < 4.78 is 0. The number of hydrogen-bond donors (Lipinski definition) is 1. The average Bonchev–Trinajstić information content (AvgIpc) is 2.47. The lowest BCUT2D eigenvalue weighted by Crippen LogP contribution is -2.13. The van der Waals surface area contributed by atoms with Crippen molar-refractivity contribution in [2.24, 2.45) is 0 Å². The minimum atomic E-state index is -0.255. The fraction of sp³-hybridized carbons (Fsp3) is 0.0667. The van der Waals surface area contributed by atoms with E-state index in [4.69, 9.17) is 16.9 Å². The molecule has 0 fully saturated rings. The Bertz CT molecular complexity index is 647. The molecule has 94 valence electrons. The van der Waals surface area contributed by atoms with Gasteiger partial charge in [0.1, 0.15) is 6.07 Å². The molecule has 1 amide bonds. The topological polar surface area (TPSA) is 52.9 Å². The van der Waals surface area contributed by atoms with Crippen LogP contribution in [0.2, 0.25) is 0 Å². The van der Waals surface area contributed by atoms with Gasteiger partial charge in [-0.25, -0.2) is 0 Å². The first-order valence-corrected chi connectivity index (χ1v) is 6.23. The van der Waals surface area contributed by atoms with Gasteiger partial charge in [-0.3, -0.25) is 4.79 Å². The normalized spacial score (nSPS) is 9.68. The monoisotopic (exact) mass is 270 g/mol. The number of nitriles is 1. The van der Waals surface area contributed by atoms with E-state index >= 15 is 0 Å². The molecule has 0 aliphatic carbocycles. The number of para-hydroxylation sites is 1. The lowest BCUT2D eigenvalue weighted by Gasteiger charge is -2.07. The predicted molar refractivity (Wildman–Crippen MR) is 75.1 cm³/mol. The molecule has 0 atom stereocenters. The minimum Gasteiger partial charge on any atom is -0.321 e. The fourth-order valence-corrected chi connectivity index (χ4v) is 1.85. The van der Waals surface area contributed by atoms with E-state index in [1.54, 1.807) is 42.5 Å². The molecule has 0 heterocycles. The first kappa shape index (κ1) is 13.1. The molecule has 2 aromatic rings. The summed E-state index contributed by atoms with van der Waals surface area (Å²) in [6, 6.07) is 16.0. The number of rotatable bonds is 3. The van der Waals surface area contributed by atoms with Crippen molar-refractivity contribution in [3.05, 3.63) is 65.2 Å². The van der Waals surface area contributed by atoms with E-state index in [9.17, 15) is 4.79 Å². The molecule has 0 saturated heterocycles. The number of carbonyl (C=O) groups is 1. The summed E-state index contributed by atoms with van der Waals surface area (Å²) in [5, 5.41) is 11.7. The second-order valence-electron chi connectivity index (χ2n) is 3.95. The number of halogens is 1. The quantitative estimate of drug-likeness (QED) is 0.867. The van der Waals surface area contributed by atoms with Gasteiger partial charge in [-0.15, -0.1) is 11.6 Å². The molecule has 3 nitrogen and oxygen atoms in total. The first-order chi connectivity index (χ1) is 9.24. The highest BCUT2D eigenvalue weighted by Gasteiger charge is 2.09. The van der Waals surface area contributed by atoms with E-state index in [-0.39, 0.29) is 5.91 Å². The van der Waals surface area contributed by atoms with Crippen LogP contribution in [-0.2, 0) is 5.88 Å². The molecule has 2 rings (SSSR count). The van der Waals surface area contributed by atoms with Crippen LogP contribution in [0, 0.1) is 11.3 Å². The third-order valence-corrected chi connectivity index (χ3v) is 2.95. The van der Waals surface area contributed by atoms with Gasteiger partial charge in [-0.1, -0.05) is 24.3 Å². The van der Waals surface area contributed by atoms with Gasteiger partial charge < -0.3 is 5.32 Å². The molecule has 0 aliphatic rings. The fourth-order valence-electron chi connectivity index (χ4n) is 1.68. The molecule has 0 unspecified atom stereocenters. The Labute approximate surface area is 116 Å². The second kappa shape index (κ2) is 6.03. The lowest BCUT2D eigenvalue weighted by molar-refractivity contribution is 0.102. The molecule has 0 bridgehead atoms. The molecule has 19 heavy (non-hydrogen) atoms. The van der Waals surface area contributed by atoms with Crippen molar-refractivity contribution < 1.29 is 4.79 Å². The van der Waals surface area contributed by atoms with Crippen molar-refractivity contribution in [1.29, 1.82) is 5.26 Å². The maximum absolute atomic E-state index is 12.1. The lowest BCUT2D eigenvalue weighted by atomic mass is 10.1. The van der Waals surface area contributed by atoms with E-state index in [1.807, 2.05) is 12.1 Å². The van der Waals surface area contributed by atoms with E-state index in [0.717, 1.165) is 5.56 Å². The Balaban J connectivity index is 2.23. The van der Waals surface area contributed by atoms with Gasteiger partial charge in [-0.2, -0.15) is 5.26 Å². The van der Waals surface area contributed by atoms with Gasteiger partial charge >= 0.3 is 0 Å². The molecular weight excluding hydrogens is 260 g/mol. The van der Waals surface area contributed by atoms with Gasteiger partial charge in [0.05, 0.1) is 11.3 Å². The highest BCUT2D eigenvalue weighted by atomic mass is 35.5. The van der Waals surface area contributed by atoms with Crippen LogP contribution in [0.4, 0.5) is 5.69 Å². The summed E-state index contributed by atoms with van der Waals surface area (Å²) >= 11 is 5.74. The average molecular weight is 271 g/mol. The van der Waals surface area contributed by atoms with Crippen LogP contribution in [0.15, 0.2) is 48.5 Å². The van der Waals surface area contributed by atoms with Gasteiger partial charge in [0.25, 0.3) is 5.91 Å². The molecular formula is C15H11ClN2O. The SMILES string of the molecule is N#Cc1ccccc1NC(=O)c1cccc(CCl)c1. The highest BCUT2D eigenvalue weighted by molar-refractivity contribution is 6.17. The smallest absolute Gasteiger partial charge is 0.255 e. The van der Waals surface area contributed by atoms with Gasteiger partial charge in [0, 0.05) is 11.4 Å². The van der Waals surface area contributed by atoms with Crippen LogP contribution in [0.3, 0.4) is 0 Å². The zero-order chi connectivity index (χ0) is 13.7. The number of amides is 1. The Morgan fingerprint density at radius 3 is 2.74 bits per heavy atom. The van der Waals surface area contributed by atoms with E-state index in [0.29, 0.717) is 22.7 Å². The van der Waals surface area contributed by atoms with Crippen LogP contribution in [-0.4, -0.2) is 5.91 Å². The summed E-state index contributed by atoms with van der Waals surface area (Å²) in [5.41, 5.74) is 2.34. The van der Waals surface area contributed by atoms with Crippen molar-refractivity contribution in [1.82, 2.24) is 0 Å².